The SMILES string of the molecule is COc1ccc(Nc2ccc(N(C)/N=C(\C)[NH+](C)c3ccccc3N(C)C)cc2)cc1. The molecule has 3 aromatic rings. The summed E-state index contributed by atoms with van der Waals surface area (Å²) < 4.78 is 5.21. The summed E-state index contributed by atoms with van der Waals surface area (Å²) in [6.45, 7) is 2.05. The van der Waals surface area contributed by atoms with Gasteiger partial charge in [-0.25, -0.2) is 0 Å². The standard InChI is InChI=1S/C25H31N5O/c1-19(29(4)25-10-8-7-9-24(25)28(2)3)27-30(5)22-15-11-20(12-16-22)26-21-13-17-23(31-6)18-14-21/h7-18,26H,1-6H3/p+1/b27-19+. The molecule has 1 unspecified atom stereocenters. The van der Waals surface area contributed by atoms with E-state index in [1.165, 1.54) is 11.4 Å². The molecule has 0 saturated carbocycles. The van der Waals surface area contributed by atoms with Gasteiger partial charge in [0, 0.05) is 45.5 Å². The van der Waals surface area contributed by atoms with Crippen molar-refractivity contribution < 1.29 is 9.64 Å². The van der Waals surface area contributed by atoms with E-state index in [1.807, 2.05) is 36.3 Å². The largest absolute Gasteiger partial charge is 0.497 e. The van der Waals surface area contributed by atoms with Gasteiger partial charge in [-0.2, -0.15) is 0 Å². The summed E-state index contributed by atoms with van der Waals surface area (Å²) in [6, 6.07) is 24.5. The number of quaternary nitrogens is 1. The summed E-state index contributed by atoms with van der Waals surface area (Å²) in [4.78, 5) is 3.29. The number of hydrogen-bond donors (Lipinski definition) is 2. The third kappa shape index (κ3) is 5.55. The van der Waals surface area contributed by atoms with Gasteiger partial charge in [0.15, 0.2) is 5.69 Å². The first-order valence-electron chi connectivity index (χ1n) is 10.3. The summed E-state index contributed by atoms with van der Waals surface area (Å²) in [5.41, 5.74) is 5.44. The second-order valence-electron chi connectivity index (χ2n) is 7.65. The second kappa shape index (κ2) is 10.00. The normalized spacial score (nSPS) is 12.3. The quantitative estimate of drug-likeness (QED) is 0.344. The summed E-state index contributed by atoms with van der Waals surface area (Å²) in [5, 5.41) is 10.1. The molecule has 3 rings (SSSR count). The van der Waals surface area contributed by atoms with E-state index in [1.54, 1.807) is 7.11 Å². The van der Waals surface area contributed by atoms with Crippen LogP contribution >= 0.6 is 0 Å². The molecule has 0 radical (unpaired) electrons. The van der Waals surface area contributed by atoms with Crippen molar-refractivity contribution in [3.63, 3.8) is 0 Å². The molecular formula is C25H32N5O+. The predicted octanol–water partition coefficient (Wildman–Crippen LogP) is 4.12. The summed E-state index contributed by atoms with van der Waals surface area (Å²) >= 11 is 0. The molecule has 0 aliphatic rings. The number of benzene rings is 3. The van der Waals surface area contributed by atoms with Crippen molar-refractivity contribution in [2.75, 3.05) is 50.5 Å². The molecule has 0 saturated heterocycles. The highest BCUT2D eigenvalue weighted by molar-refractivity contribution is 5.77. The number of hydrazone groups is 1. The van der Waals surface area contributed by atoms with Gasteiger partial charge in [0.25, 0.3) is 0 Å². The van der Waals surface area contributed by atoms with Crippen LogP contribution in [0, 0.1) is 0 Å². The Hall–Kier alpha value is -3.51. The monoisotopic (exact) mass is 418 g/mol. The van der Waals surface area contributed by atoms with E-state index in [4.69, 9.17) is 9.84 Å². The van der Waals surface area contributed by atoms with Gasteiger partial charge in [0.1, 0.15) is 5.75 Å². The Balaban J connectivity index is 1.70. The van der Waals surface area contributed by atoms with Gasteiger partial charge < -0.3 is 15.0 Å². The predicted molar refractivity (Wildman–Crippen MR) is 132 cm³/mol. The lowest BCUT2D eigenvalue weighted by Crippen LogP contribution is -3.06. The van der Waals surface area contributed by atoms with Crippen molar-refractivity contribution in [3.8, 4) is 5.75 Å². The minimum Gasteiger partial charge on any atom is -0.497 e. The van der Waals surface area contributed by atoms with Gasteiger partial charge >= 0.3 is 0 Å². The second-order valence-corrected chi connectivity index (χ2v) is 7.65. The summed E-state index contributed by atoms with van der Waals surface area (Å²) in [7, 11) is 9.89. The number of para-hydroxylation sites is 2. The molecule has 2 N–H and O–H groups in total. The Morgan fingerprint density at radius 2 is 1.45 bits per heavy atom. The van der Waals surface area contributed by atoms with Gasteiger partial charge in [0.05, 0.1) is 25.5 Å². The highest BCUT2D eigenvalue weighted by Crippen LogP contribution is 2.23. The molecule has 31 heavy (non-hydrogen) atoms. The Kier molecular flexibility index (Phi) is 7.15. The molecule has 0 amide bonds. The maximum atomic E-state index is 5.21. The number of anilines is 4. The molecule has 1 atom stereocenters. The molecule has 0 aliphatic heterocycles. The van der Waals surface area contributed by atoms with E-state index >= 15 is 0 Å². The Morgan fingerprint density at radius 1 is 0.871 bits per heavy atom. The molecule has 0 fully saturated rings. The van der Waals surface area contributed by atoms with E-state index < -0.39 is 0 Å². The van der Waals surface area contributed by atoms with Crippen LogP contribution in [-0.2, 0) is 0 Å². The van der Waals surface area contributed by atoms with Crippen LogP contribution in [0.3, 0.4) is 0 Å². The average Bonchev–Trinajstić information content (AvgIpc) is 2.79. The number of ether oxygens (including phenoxy) is 1. The highest BCUT2D eigenvalue weighted by Gasteiger charge is 2.17. The number of methoxy groups -OCH3 is 1. The van der Waals surface area contributed by atoms with Crippen LogP contribution in [0.5, 0.6) is 5.75 Å². The van der Waals surface area contributed by atoms with Crippen LogP contribution in [0.1, 0.15) is 6.92 Å². The number of amidine groups is 1. The zero-order chi connectivity index (χ0) is 22.4. The van der Waals surface area contributed by atoms with Crippen LogP contribution in [0.2, 0.25) is 0 Å². The van der Waals surface area contributed by atoms with Crippen molar-refractivity contribution in [1.82, 2.24) is 0 Å². The lowest BCUT2D eigenvalue weighted by Gasteiger charge is -2.22. The lowest BCUT2D eigenvalue weighted by molar-refractivity contribution is -0.705. The molecule has 0 aromatic heterocycles. The minimum absolute atomic E-state index is 0.844. The Bertz CT molecular complexity index is 1010. The fourth-order valence-electron chi connectivity index (χ4n) is 3.33. The molecule has 162 valence electrons. The molecule has 0 heterocycles. The van der Waals surface area contributed by atoms with Gasteiger partial charge in [-0.15, -0.1) is 5.10 Å². The zero-order valence-corrected chi connectivity index (χ0v) is 19.2. The number of nitrogens with zero attached hydrogens (tertiary/aromatic N) is 3. The summed E-state index contributed by atoms with van der Waals surface area (Å²) in [5.74, 6) is 1.83. The maximum Gasteiger partial charge on any atom is 0.220 e. The maximum absolute atomic E-state index is 5.21. The first-order chi connectivity index (χ1) is 14.9. The van der Waals surface area contributed by atoms with Crippen LogP contribution in [-0.4, -0.2) is 41.1 Å². The molecule has 3 aromatic carbocycles. The van der Waals surface area contributed by atoms with Crippen LogP contribution in [0.25, 0.3) is 0 Å². The average molecular weight is 419 g/mol. The Labute approximate surface area is 185 Å². The zero-order valence-electron chi connectivity index (χ0n) is 19.2. The fraction of sp³-hybridized carbons (Fsp3) is 0.240. The topological polar surface area (TPSA) is 44.5 Å². The van der Waals surface area contributed by atoms with E-state index in [-0.39, 0.29) is 0 Å². The van der Waals surface area contributed by atoms with Gasteiger partial charge in [-0.1, -0.05) is 12.1 Å². The van der Waals surface area contributed by atoms with Gasteiger partial charge in [0.2, 0.25) is 5.84 Å². The third-order valence-corrected chi connectivity index (χ3v) is 5.25. The van der Waals surface area contributed by atoms with E-state index in [0.29, 0.717) is 0 Å². The molecule has 0 bridgehead atoms. The fourth-order valence-corrected chi connectivity index (χ4v) is 3.33. The van der Waals surface area contributed by atoms with Crippen LogP contribution in [0.4, 0.5) is 28.4 Å². The van der Waals surface area contributed by atoms with Gasteiger partial charge in [-0.3, -0.25) is 9.91 Å². The van der Waals surface area contributed by atoms with E-state index in [2.05, 4.69) is 86.8 Å². The van der Waals surface area contributed by atoms with E-state index in [9.17, 15) is 0 Å². The minimum atomic E-state index is 0.844. The molecule has 6 heteroatoms. The lowest BCUT2D eigenvalue weighted by atomic mass is 10.2. The number of nitrogens with one attached hydrogen (secondary N) is 2. The molecule has 0 aliphatic carbocycles. The van der Waals surface area contributed by atoms with Crippen molar-refractivity contribution in [1.29, 1.82) is 0 Å². The highest BCUT2D eigenvalue weighted by atomic mass is 16.5. The molecular weight excluding hydrogens is 386 g/mol. The molecule has 6 nitrogen and oxygen atoms in total. The van der Waals surface area contributed by atoms with Crippen molar-refractivity contribution in [3.05, 3.63) is 72.8 Å². The van der Waals surface area contributed by atoms with E-state index in [0.717, 1.165) is 33.5 Å². The first-order valence-corrected chi connectivity index (χ1v) is 10.3. The van der Waals surface area contributed by atoms with Gasteiger partial charge in [-0.05, 0) is 54.6 Å². The third-order valence-electron chi connectivity index (χ3n) is 5.25. The number of rotatable bonds is 7. The number of hydrogen-bond acceptors (Lipinski definition) is 5. The molecule has 0 spiro atoms. The first kappa shape index (κ1) is 22.2. The summed E-state index contributed by atoms with van der Waals surface area (Å²) in [6.07, 6.45) is 0. The Morgan fingerprint density at radius 3 is 2.03 bits per heavy atom. The van der Waals surface area contributed by atoms with Crippen molar-refractivity contribution in [2.24, 2.45) is 5.10 Å². The van der Waals surface area contributed by atoms with Crippen molar-refractivity contribution in [2.45, 2.75) is 6.92 Å². The van der Waals surface area contributed by atoms with Crippen LogP contribution in [0.15, 0.2) is 77.9 Å². The smallest absolute Gasteiger partial charge is 0.220 e. The van der Waals surface area contributed by atoms with Crippen LogP contribution < -0.4 is 24.9 Å². The van der Waals surface area contributed by atoms with Crippen molar-refractivity contribution >= 4 is 34.3 Å².